The number of H-pyrrole nitrogens is 1. The Balaban J connectivity index is 1.90. The zero-order valence-corrected chi connectivity index (χ0v) is 16.7. The topological polar surface area (TPSA) is 158 Å². The molecular formula is C17H23ClFN5O5. The summed E-state index contributed by atoms with van der Waals surface area (Å²) >= 11 is 6.14. The van der Waals surface area contributed by atoms with E-state index in [0.717, 1.165) is 0 Å². The number of carbonyl (C=O) groups is 1. The number of esters is 1. The molecule has 0 aromatic carbocycles. The molecule has 3 rings (SSSR count). The maximum Gasteiger partial charge on any atom is 0.323 e. The van der Waals surface area contributed by atoms with Gasteiger partial charge in [-0.25, -0.2) is 4.39 Å². The number of anilines is 1. The lowest BCUT2D eigenvalue weighted by molar-refractivity contribution is -0.238. The number of nitrogens with one attached hydrogen (secondary N) is 1. The van der Waals surface area contributed by atoms with Gasteiger partial charge in [0.2, 0.25) is 11.8 Å². The number of nitrogen functional groups attached to an aromatic ring is 1. The van der Waals surface area contributed by atoms with Crippen LogP contribution >= 0.6 is 11.6 Å². The largest absolute Gasteiger partial charge is 0.458 e. The van der Waals surface area contributed by atoms with E-state index in [2.05, 4.69) is 9.97 Å². The summed E-state index contributed by atoms with van der Waals surface area (Å²) in [5, 5.41) is 10.1. The summed E-state index contributed by atoms with van der Waals surface area (Å²) in [5.74, 6) is -3.47. The summed E-state index contributed by atoms with van der Waals surface area (Å²) in [5.41, 5.74) is 9.15. The van der Waals surface area contributed by atoms with Crippen LogP contribution in [0.15, 0.2) is 11.0 Å². The number of hydrogen-bond acceptors (Lipinski definition) is 8. The quantitative estimate of drug-likeness (QED) is 0.484. The molecule has 0 amide bonds. The van der Waals surface area contributed by atoms with Gasteiger partial charge in [-0.05, 0) is 5.92 Å². The lowest BCUT2D eigenvalue weighted by Gasteiger charge is -2.31. The summed E-state index contributed by atoms with van der Waals surface area (Å²) in [6.07, 6.45) is 1.13. The molecule has 2 aromatic rings. The first-order valence-corrected chi connectivity index (χ1v) is 9.39. The summed E-state index contributed by atoms with van der Waals surface area (Å²) < 4.78 is 27.1. The Morgan fingerprint density at radius 2 is 2.24 bits per heavy atom. The van der Waals surface area contributed by atoms with Gasteiger partial charge in [-0.3, -0.25) is 19.1 Å². The van der Waals surface area contributed by atoms with Gasteiger partial charge in [0.25, 0.3) is 5.56 Å². The van der Waals surface area contributed by atoms with E-state index in [4.69, 9.17) is 32.5 Å². The second kappa shape index (κ2) is 7.56. The van der Waals surface area contributed by atoms with Crippen LogP contribution in [0.2, 0.25) is 5.02 Å². The molecule has 0 aliphatic carbocycles. The molecule has 10 nitrogen and oxygen atoms in total. The van der Waals surface area contributed by atoms with Crippen molar-refractivity contribution >= 4 is 34.6 Å². The lowest BCUT2D eigenvalue weighted by Crippen LogP contribution is -2.43. The summed E-state index contributed by atoms with van der Waals surface area (Å²) in [7, 11) is 0. The number of carbonyl (C=O) groups excluding carboxylic acids is 1. The molecule has 160 valence electrons. The van der Waals surface area contributed by atoms with Crippen molar-refractivity contribution in [3.63, 3.8) is 0 Å². The first-order chi connectivity index (χ1) is 13.5. The third-order valence-corrected chi connectivity index (χ3v) is 5.28. The molecule has 0 bridgehead atoms. The van der Waals surface area contributed by atoms with Crippen LogP contribution in [0.1, 0.15) is 26.7 Å². The van der Waals surface area contributed by atoms with Gasteiger partial charge in [0.15, 0.2) is 18.0 Å². The van der Waals surface area contributed by atoms with Crippen LogP contribution in [0.4, 0.5) is 10.3 Å². The van der Waals surface area contributed by atoms with Gasteiger partial charge in [0, 0.05) is 19.0 Å². The average Bonchev–Trinajstić information content (AvgIpc) is 3.18. The summed E-state index contributed by atoms with van der Waals surface area (Å²) in [6, 6.07) is -0.895. The van der Waals surface area contributed by atoms with Gasteiger partial charge >= 0.3 is 5.97 Å². The summed E-state index contributed by atoms with van der Waals surface area (Å²) in [6.45, 7) is 2.13. The molecule has 2 aromatic heterocycles. The normalized spacial score (nSPS) is 25.6. The number of aromatic nitrogens is 3. The van der Waals surface area contributed by atoms with Crippen molar-refractivity contribution in [3.05, 3.63) is 21.6 Å². The van der Waals surface area contributed by atoms with Crippen LogP contribution in [0.25, 0.3) is 11.0 Å². The van der Waals surface area contributed by atoms with Crippen molar-refractivity contribution < 1.29 is 23.8 Å². The predicted octanol–water partition coefficient (Wildman–Crippen LogP) is 0.608. The zero-order valence-electron chi connectivity index (χ0n) is 15.9. The van der Waals surface area contributed by atoms with Crippen molar-refractivity contribution in [2.45, 2.75) is 44.3 Å². The van der Waals surface area contributed by atoms with Crippen molar-refractivity contribution in [2.24, 2.45) is 11.7 Å². The Kier molecular flexibility index (Phi) is 5.60. The molecule has 1 saturated heterocycles. The van der Waals surface area contributed by atoms with E-state index in [1.807, 2.05) is 0 Å². The maximum atomic E-state index is 15.3. The van der Waals surface area contributed by atoms with E-state index in [9.17, 15) is 14.7 Å². The lowest BCUT2D eigenvalue weighted by atomic mass is 10.1. The van der Waals surface area contributed by atoms with E-state index >= 15 is 4.39 Å². The van der Waals surface area contributed by atoms with Gasteiger partial charge in [0.1, 0.15) is 11.4 Å². The highest BCUT2D eigenvalue weighted by molar-refractivity contribution is 6.35. The van der Waals surface area contributed by atoms with E-state index in [0.29, 0.717) is 0 Å². The van der Waals surface area contributed by atoms with Crippen LogP contribution in [-0.2, 0) is 20.0 Å². The van der Waals surface area contributed by atoms with E-state index in [1.165, 1.54) is 10.8 Å². The molecule has 3 heterocycles. The SMILES string of the molecule is CC(C)[C@H](N)C(=O)OC[C@]1(F)CC[C@](CO)(n2cc(Cl)c3c(=O)[nH]c(N)nc32)O1. The van der Waals surface area contributed by atoms with Gasteiger partial charge < -0.3 is 26.0 Å². The van der Waals surface area contributed by atoms with Crippen LogP contribution < -0.4 is 17.0 Å². The molecule has 3 atom stereocenters. The van der Waals surface area contributed by atoms with E-state index in [1.54, 1.807) is 13.8 Å². The number of nitrogens with zero attached hydrogens (tertiary/aromatic N) is 2. The first-order valence-electron chi connectivity index (χ1n) is 9.01. The smallest absolute Gasteiger partial charge is 0.323 e. The third-order valence-electron chi connectivity index (χ3n) is 5.00. The van der Waals surface area contributed by atoms with E-state index in [-0.39, 0.29) is 40.8 Å². The monoisotopic (exact) mass is 431 g/mol. The Morgan fingerprint density at radius 3 is 2.86 bits per heavy atom. The molecular weight excluding hydrogens is 409 g/mol. The number of alkyl halides is 1. The van der Waals surface area contributed by atoms with Gasteiger partial charge in [0.05, 0.1) is 11.6 Å². The Labute approximate surface area is 169 Å². The standard InChI is InChI=1S/C17H23ClFN5O5/c1-8(2)11(20)14(27)28-7-16(19)3-4-17(6-25,29-16)24-5-9(18)10-12(24)22-15(21)23-13(10)26/h5,8,11,25H,3-4,6-7,20H2,1-2H3,(H3,21,22,23,26)/t11-,16-,17-/m0/s1. The highest BCUT2D eigenvalue weighted by Crippen LogP contribution is 2.44. The Bertz CT molecular complexity index is 994. The number of aliphatic hydroxyl groups is 1. The maximum absolute atomic E-state index is 15.3. The van der Waals surface area contributed by atoms with Crippen LogP contribution in [0.3, 0.4) is 0 Å². The number of aliphatic hydroxyl groups excluding tert-OH is 1. The van der Waals surface area contributed by atoms with Crippen LogP contribution in [0, 0.1) is 5.92 Å². The molecule has 1 aliphatic rings. The minimum absolute atomic E-state index is 0.00226. The minimum atomic E-state index is -2.37. The number of nitrogens with two attached hydrogens (primary N) is 2. The fourth-order valence-corrected chi connectivity index (χ4v) is 3.52. The number of halogens is 2. The highest BCUT2D eigenvalue weighted by Gasteiger charge is 2.52. The third kappa shape index (κ3) is 3.82. The fourth-order valence-electron chi connectivity index (χ4n) is 3.25. The van der Waals surface area contributed by atoms with Crippen molar-refractivity contribution in [1.29, 1.82) is 0 Å². The van der Waals surface area contributed by atoms with Crippen molar-refractivity contribution in [3.8, 4) is 0 Å². The zero-order chi connectivity index (χ0) is 21.6. The predicted molar refractivity (Wildman–Crippen MR) is 103 cm³/mol. The number of aromatic amines is 1. The molecule has 0 unspecified atom stereocenters. The molecule has 6 N–H and O–H groups in total. The Morgan fingerprint density at radius 1 is 1.55 bits per heavy atom. The van der Waals surface area contributed by atoms with Crippen LogP contribution in [-0.4, -0.2) is 50.7 Å². The molecule has 0 spiro atoms. The Hall–Kier alpha value is -2.21. The second-order valence-corrected chi connectivity index (χ2v) is 7.87. The average molecular weight is 432 g/mol. The van der Waals surface area contributed by atoms with Gasteiger partial charge in [-0.2, -0.15) is 4.98 Å². The number of rotatable bonds is 6. The minimum Gasteiger partial charge on any atom is -0.458 e. The first kappa shape index (κ1) is 21.5. The van der Waals surface area contributed by atoms with Gasteiger partial charge in [-0.1, -0.05) is 25.4 Å². The molecule has 29 heavy (non-hydrogen) atoms. The molecule has 12 heteroatoms. The summed E-state index contributed by atoms with van der Waals surface area (Å²) in [4.78, 5) is 30.4. The number of ether oxygens (including phenoxy) is 2. The molecule has 1 aliphatic heterocycles. The molecule has 0 saturated carbocycles. The number of hydrogen-bond donors (Lipinski definition) is 4. The number of fused-ring (bicyclic) bond motifs is 1. The van der Waals surface area contributed by atoms with Crippen molar-refractivity contribution in [2.75, 3.05) is 18.9 Å². The van der Waals surface area contributed by atoms with Crippen LogP contribution in [0.5, 0.6) is 0 Å². The molecule has 1 fully saturated rings. The van der Waals surface area contributed by atoms with Crippen molar-refractivity contribution in [1.82, 2.24) is 14.5 Å². The van der Waals surface area contributed by atoms with Gasteiger partial charge in [-0.15, -0.1) is 0 Å². The molecule has 0 radical (unpaired) electrons. The van der Waals surface area contributed by atoms with E-state index < -0.39 is 42.4 Å². The second-order valence-electron chi connectivity index (χ2n) is 7.46. The highest BCUT2D eigenvalue weighted by atomic mass is 35.5. The fraction of sp³-hybridized carbons (Fsp3) is 0.588.